The first-order valence-corrected chi connectivity index (χ1v) is 3.95. The van der Waals surface area contributed by atoms with Crippen molar-refractivity contribution in [1.82, 2.24) is 20.3 Å². The second-order valence-electron chi connectivity index (χ2n) is 2.59. The Hall–Kier alpha value is -1.49. The molecule has 13 heavy (non-hydrogen) atoms. The lowest BCUT2D eigenvalue weighted by atomic mass is 10.3. The van der Waals surface area contributed by atoms with Gasteiger partial charge in [-0.25, -0.2) is 4.68 Å². The summed E-state index contributed by atoms with van der Waals surface area (Å²) >= 11 is 0. The summed E-state index contributed by atoms with van der Waals surface area (Å²) in [6.07, 6.45) is 3.16. The van der Waals surface area contributed by atoms with Crippen molar-refractivity contribution < 1.29 is 4.79 Å². The van der Waals surface area contributed by atoms with Crippen LogP contribution in [-0.4, -0.2) is 33.9 Å². The first kappa shape index (κ1) is 9.60. The van der Waals surface area contributed by atoms with Crippen LogP contribution in [0.5, 0.6) is 0 Å². The number of rotatable bonds is 5. The number of Topliss-reactive ketones (excluding diaryl/α,β-unsaturated/α-hetero) is 1. The number of nitrogens with zero attached hydrogens (tertiary/aromatic N) is 3. The molecule has 0 aliphatic rings. The molecule has 0 saturated heterocycles. The second kappa shape index (κ2) is 4.51. The highest BCUT2D eigenvalue weighted by molar-refractivity contribution is 5.95. The minimum Gasteiger partial charge on any atom is -0.306 e. The van der Waals surface area contributed by atoms with Crippen LogP contribution in [0.4, 0.5) is 0 Å². The smallest absolute Gasteiger partial charge is 0.196 e. The molecule has 0 atom stereocenters. The molecule has 0 amide bonds. The molecule has 70 valence electrons. The molecule has 0 spiro atoms. The molecule has 0 aromatic carbocycles. The van der Waals surface area contributed by atoms with Gasteiger partial charge in [-0.15, -0.1) is 11.7 Å². The number of nitrogens with one attached hydrogen (secondary N) is 1. The van der Waals surface area contributed by atoms with Gasteiger partial charge in [-0.1, -0.05) is 11.3 Å². The van der Waals surface area contributed by atoms with E-state index in [2.05, 4.69) is 22.2 Å². The molecule has 0 fully saturated rings. The third kappa shape index (κ3) is 2.48. The normalized spacial score (nSPS) is 9.92. The predicted octanol–water partition coefficient (Wildman–Crippen LogP) is -0.227. The topological polar surface area (TPSA) is 59.8 Å². The highest BCUT2D eigenvalue weighted by Crippen LogP contribution is 1.93. The lowest BCUT2D eigenvalue weighted by Crippen LogP contribution is -2.24. The first-order valence-electron chi connectivity index (χ1n) is 3.95. The molecular weight excluding hydrogens is 168 g/mol. The standard InChI is InChI=1S/C8H12N4O/c1-3-4-9-6-8(13)7-5-10-11-12(7)2/h3,5,9H,1,4,6H2,2H3. The van der Waals surface area contributed by atoms with Gasteiger partial charge in [0.25, 0.3) is 0 Å². The maximum atomic E-state index is 11.4. The highest BCUT2D eigenvalue weighted by Gasteiger charge is 2.09. The maximum absolute atomic E-state index is 11.4. The van der Waals surface area contributed by atoms with E-state index in [1.165, 1.54) is 10.9 Å². The van der Waals surface area contributed by atoms with Gasteiger partial charge in [0, 0.05) is 13.6 Å². The minimum atomic E-state index is -0.0191. The Morgan fingerprint density at radius 2 is 2.62 bits per heavy atom. The molecular formula is C8H12N4O. The lowest BCUT2D eigenvalue weighted by molar-refractivity contribution is 0.0983. The summed E-state index contributed by atoms with van der Waals surface area (Å²) < 4.78 is 1.46. The van der Waals surface area contributed by atoms with E-state index in [4.69, 9.17) is 0 Å². The van der Waals surface area contributed by atoms with E-state index in [-0.39, 0.29) is 12.3 Å². The Bertz CT molecular complexity index is 305. The van der Waals surface area contributed by atoms with E-state index in [9.17, 15) is 4.79 Å². The summed E-state index contributed by atoms with van der Waals surface area (Å²) in [5, 5.41) is 10.2. The number of hydrogen-bond donors (Lipinski definition) is 1. The largest absolute Gasteiger partial charge is 0.306 e. The van der Waals surface area contributed by atoms with Crippen LogP contribution in [0.1, 0.15) is 10.5 Å². The quantitative estimate of drug-likeness (QED) is 0.386. The maximum Gasteiger partial charge on any atom is 0.196 e. The fourth-order valence-corrected chi connectivity index (χ4v) is 0.920. The molecule has 1 rings (SSSR count). The summed E-state index contributed by atoms with van der Waals surface area (Å²) in [5.41, 5.74) is 0.511. The average Bonchev–Trinajstić information content (AvgIpc) is 2.52. The predicted molar refractivity (Wildman–Crippen MR) is 48.4 cm³/mol. The molecule has 0 bridgehead atoms. The molecule has 0 unspecified atom stereocenters. The van der Waals surface area contributed by atoms with Crippen LogP contribution in [0.3, 0.4) is 0 Å². The summed E-state index contributed by atoms with van der Waals surface area (Å²) in [6, 6.07) is 0. The Morgan fingerprint density at radius 1 is 1.85 bits per heavy atom. The van der Waals surface area contributed by atoms with Crippen molar-refractivity contribution in [3.63, 3.8) is 0 Å². The van der Waals surface area contributed by atoms with Crippen LogP contribution < -0.4 is 5.32 Å². The van der Waals surface area contributed by atoms with Gasteiger partial charge in [0.1, 0.15) is 5.69 Å². The Morgan fingerprint density at radius 3 is 3.15 bits per heavy atom. The monoisotopic (exact) mass is 180 g/mol. The average molecular weight is 180 g/mol. The van der Waals surface area contributed by atoms with Crippen LogP contribution in [0.25, 0.3) is 0 Å². The van der Waals surface area contributed by atoms with Gasteiger partial charge in [-0.05, 0) is 0 Å². The number of aromatic nitrogens is 3. The molecule has 0 saturated carbocycles. The van der Waals surface area contributed by atoms with E-state index in [0.29, 0.717) is 12.2 Å². The number of ketones is 1. The molecule has 5 nitrogen and oxygen atoms in total. The number of carbonyl (C=O) groups is 1. The van der Waals surface area contributed by atoms with Crippen molar-refractivity contribution in [2.45, 2.75) is 0 Å². The number of carbonyl (C=O) groups excluding carboxylic acids is 1. The van der Waals surface area contributed by atoms with Gasteiger partial charge in [0.15, 0.2) is 5.78 Å². The van der Waals surface area contributed by atoms with Crippen molar-refractivity contribution in [3.05, 3.63) is 24.5 Å². The minimum absolute atomic E-state index is 0.0191. The van der Waals surface area contributed by atoms with Crippen molar-refractivity contribution in [2.75, 3.05) is 13.1 Å². The van der Waals surface area contributed by atoms with Gasteiger partial charge in [-0.3, -0.25) is 4.79 Å². The van der Waals surface area contributed by atoms with Crippen LogP contribution in [0.15, 0.2) is 18.9 Å². The first-order chi connectivity index (χ1) is 6.25. The van der Waals surface area contributed by atoms with E-state index in [1.54, 1.807) is 13.1 Å². The second-order valence-corrected chi connectivity index (χ2v) is 2.59. The third-order valence-corrected chi connectivity index (χ3v) is 1.57. The summed E-state index contributed by atoms with van der Waals surface area (Å²) in [7, 11) is 1.69. The van der Waals surface area contributed by atoms with E-state index < -0.39 is 0 Å². The van der Waals surface area contributed by atoms with Gasteiger partial charge in [0.2, 0.25) is 0 Å². The van der Waals surface area contributed by atoms with Gasteiger partial charge in [0.05, 0.1) is 12.7 Å². The molecule has 0 radical (unpaired) electrons. The molecule has 0 aliphatic carbocycles. The number of hydrogen-bond acceptors (Lipinski definition) is 4. The summed E-state index contributed by atoms with van der Waals surface area (Å²) in [5.74, 6) is -0.0191. The fraction of sp³-hybridized carbons (Fsp3) is 0.375. The fourth-order valence-electron chi connectivity index (χ4n) is 0.920. The molecule has 1 heterocycles. The van der Waals surface area contributed by atoms with Gasteiger partial charge in [-0.2, -0.15) is 0 Å². The molecule has 1 N–H and O–H groups in total. The number of aryl methyl sites for hydroxylation is 1. The molecule has 1 aromatic heterocycles. The van der Waals surface area contributed by atoms with Gasteiger partial charge < -0.3 is 5.32 Å². The van der Waals surface area contributed by atoms with Crippen molar-refractivity contribution in [3.8, 4) is 0 Å². The van der Waals surface area contributed by atoms with E-state index in [1.807, 2.05) is 0 Å². The SMILES string of the molecule is C=CCNCC(=O)c1cnnn1C. The van der Waals surface area contributed by atoms with Crippen LogP contribution >= 0.6 is 0 Å². The summed E-state index contributed by atoms with van der Waals surface area (Å²) in [6.45, 7) is 4.44. The Labute approximate surface area is 76.4 Å². The van der Waals surface area contributed by atoms with Crippen molar-refractivity contribution in [1.29, 1.82) is 0 Å². The van der Waals surface area contributed by atoms with Crippen molar-refractivity contribution in [2.24, 2.45) is 7.05 Å². The van der Waals surface area contributed by atoms with Crippen LogP contribution in [0, 0.1) is 0 Å². The summed E-state index contributed by atoms with van der Waals surface area (Å²) in [4.78, 5) is 11.4. The van der Waals surface area contributed by atoms with Crippen LogP contribution in [0.2, 0.25) is 0 Å². The van der Waals surface area contributed by atoms with Crippen molar-refractivity contribution >= 4 is 5.78 Å². The lowest BCUT2D eigenvalue weighted by Gasteiger charge is -2.00. The van der Waals surface area contributed by atoms with Gasteiger partial charge >= 0.3 is 0 Å². The molecule has 0 aliphatic heterocycles. The molecule has 1 aromatic rings. The van der Waals surface area contributed by atoms with Crippen LogP contribution in [-0.2, 0) is 7.05 Å². The zero-order valence-electron chi connectivity index (χ0n) is 7.53. The Kier molecular flexibility index (Phi) is 3.33. The third-order valence-electron chi connectivity index (χ3n) is 1.57. The van der Waals surface area contributed by atoms with E-state index in [0.717, 1.165) is 0 Å². The van der Waals surface area contributed by atoms with E-state index >= 15 is 0 Å². The molecule has 5 heteroatoms. The zero-order valence-corrected chi connectivity index (χ0v) is 7.53. The highest BCUT2D eigenvalue weighted by atomic mass is 16.1. The zero-order chi connectivity index (χ0) is 9.68. The Balaban J connectivity index is 2.49.